The molecule has 0 amide bonds. The van der Waals surface area contributed by atoms with Crippen LogP contribution in [0.2, 0.25) is 0 Å². The maximum absolute atomic E-state index is 12.4. The summed E-state index contributed by atoms with van der Waals surface area (Å²) in [6.07, 6.45) is 15.7. The van der Waals surface area contributed by atoms with Gasteiger partial charge in [0.2, 0.25) is 0 Å². The third-order valence-corrected chi connectivity index (χ3v) is 7.60. The normalized spacial score (nSPS) is 13.0. The van der Waals surface area contributed by atoms with Crippen LogP contribution >= 0.6 is 0 Å². The van der Waals surface area contributed by atoms with Crippen LogP contribution in [-0.4, -0.2) is 82.8 Å². The molecule has 0 aromatic rings. The lowest BCUT2D eigenvalue weighted by Gasteiger charge is -2.30. The summed E-state index contributed by atoms with van der Waals surface area (Å²) in [5, 5.41) is 37.0. The maximum atomic E-state index is 12.4. The zero-order valence-corrected chi connectivity index (χ0v) is 27.3. The van der Waals surface area contributed by atoms with E-state index in [4.69, 9.17) is 24.4 Å². The SMILES string of the molecule is CCCCCCCCCCCCCCCCCC(=O)OCC(CO)(COC(=O)CCCCC(=O)O)COC(=O)CC(O)C(=O)O. The number of aliphatic hydroxyl groups excluding tert-OH is 2. The van der Waals surface area contributed by atoms with Crippen molar-refractivity contribution in [1.82, 2.24) is 0 Å². The van der Waals surface area contributed by atoms with Gasteiger partial charge in [-0.1, -0.05) is 96.8 Å². The van der Waals surface area contributed by atoms with Crippen LogP contribution < -0.4 is 0 Å². The van der Waals surface area contributed by atoms with Crippen LogP contribution in [0.1, 0.15) is 142 Å². The number of hydrogen-bond donors (Lipinski definition) is 4. The van der Waals surface area contributed by atoms with E-state index in [1.165, 1.54) is 70.6 Å². The van der Waals surface area contributed by atoms with Crippen LogP contribution in [0.15, 0.2) is 0 Å². The molecule has 0 bridgehead atoms. The third-order valence-electron chi connectivity index (χ3n) is 7.60. The molecule has 0 rings (SSSR count). The quantitative estimate of drug-likeness (QED) is 0.0430. The largest absolute Gasteiger partial charge is 0.481 e. The number of carboxylic acid groups (broad SMARTS) is 2. The summed E-state index contributed by atoms with van der Waals surface area (Å²) < 4.78 is 15.6. The fraction of sp³-hybridized carbons (Fsp3) is 0.848. The summed E-state index contributed by atoms with van der Waals surface area (Å²) in [5.74, 6) is -4.84. The minimum atomic E-state index is -1.97. The molecule has 0 aliphatic rings. The van der Waals surface area contributed by atoms with Crippen LogP contribution in [0.5, 0.6) is 0 Å². The summed E-state index contributed by atoms with van der Waals surface area (Å²) in [4.78, 5) is 58.0. The van der Waals surface area contributed by atoms with Crippen molar-refractivity contribution in [3.63, 3.8) is 0 Å². The van der Waals surface area contributed by atoms with E-state index < -0.39 is 74.2 Å². The van der Waals surface area contributed by atoms with Crippen LogP contribution in [-0.2, 0) is 38.2 Å². The number of rotatable bonds is 31. The van der Waals surface area contributed by atoms with Crippen LogP contribution in [0.4, 0.5) is 0 Å². The van der Waals surface area contributed by atoms with E-state index in [1.807, 2.05) is 0 Å². The fourth-order valence-corrected chi connectivity index (χ4v) is 4.60. The summed E-state index contributed by atoms with van der Waals surface area (Å²) >= 11 is 0. The first-order valence-corrected chi connectivity index (χ1v) is 16.8. The zero-order chi connectivity index (χ0) is 33.8. The Kier molecular flexibility index (Phi) is 25.9. The van der Waals surface area contributed by atoms with Gasteiger partial charge in [0.05, 0.1) is 18.4 Å². The highest BCUT2D eigenvalue weighted by atomic mass is 16.6. The first-order chi connectivity index (χ1) is 21.5. The number of ether oxygens (including phenoxy) is 3. The fourth-order valence-electron chi connectivity index (χ4n) is 4.60. The number of esters is 3. The average Bonchev–Trinajstić information content (AvgIpc) is 3.00. The number of carboxylic acids is 2. The van der Waals surface area contributed by atoms with E-state index in [9.17, 15) is 34.2 Å². The van der Waals surface area contributed by atoms with E-state index in [1.54, 1.807) is 0 Å². The summed E-state index contributed by atoms with van der Waals surface area (Å²) in [6.45, 7) is 0.0786. The molecule has 2 atom stereocenters. The molecule has 0 radical (unpaired) electrons. The summed E-state index contributed by atoms with van der Waals surface area (Å²) in [5.41, 5.74) is -1.51. The van der Waals surface area contributed by atoms with Crippen molar-refractivity contribution < 1.29 is 58.6 Å². The molecule has 0 fully saturated rings. The van der Waals surface area contributed by atoms with Gasteiger partial charge in [0.25, 0.3) is 0 Å². The van der Waals surface area contributed by atoms with Crippen molar-refractivity contribution >= 4 is 29.8 Å². The van der Waals surface area contributed by atoms with Crippen molar-refractivity contribution in [3.05, 3.63) is 0 Å². The molecule has 0 saturated heterocycles. The van der Waals surface area contributed by atoms with Gasteiger partial charge in [-0.15, -0.1) is 0 Å². The smallest absolute Gasteiger partial charge is 0.333 e. The molecule has 0 aliphatic carbocycles. The van der Waals surface area contributed by atoms with Gasteiger partial charge in [-0.05, 0) is 19.3 Å². The Balaban J connectivity index is 4.47. The van der Waals surface area contributed by atoms with Crippen molar-refractivity contribution in [2.75, 3.05) is 26.4 Å². The number of hydrogen-bond acceptors (Lipinski definition) is 10. The molecule has 2 unspecified atom stereocenters. The Bertz CT molecular complexity index is 831. The predicted molar refractivity (Wildman–Crippen MR) is 166 cm³/mol. The number of carbonyl (C=O) groups excluding carboxylic acids is 3. The lowest BCUT2D eigenvalue weighted by Crippen LogP contribution is -2.43. The zero-order valence-electron chi connectivity index (χ0n) is 27.3. The first kappa shape index (κ1) is 42.3. The molecule has 4 N–H and O–H groups in total. The number of carbonyl (C=O) groups is 5. The molecule has 0 aromatic carbocycles. The van der Waals surface area contributed by atoms with E-state index in [0.717, 1.165) is 19.3 Å². The van der Waals surface area contributed by atoms with Gasteiger partial charge in [-0.3, -0.25) is 19.2 Å². The van der Waals surface area contributed by atoms with Crippen molar-refractivity contribution in [1.29, 1.82) is 0 Å². The van der Waals surface area contributed by atoms with Gasteiger partial charge in [-0.25, -0.2) is 4.79 Å². The Morgan fingerprint density at radius 1 is 0.556 bits per heavy atom. The highest BCUT2D eigenvalue weighted by Crippen LogP contribution is 2.21. The second-order valence-corrected chi connectivity index (χ2v) is 12.0. The van der Waals surface area contributed by atoms with E-state index in [2.05, 4.69) is 6.92 Å². The van der Waals surface area contributed by atoms with Gasteiger partial charge < -0.3 is 34.6 Å². The Labute approximate surface area is 268 Å². The summed E-state index contributed by atoms with van der Waals surface area (Å²) in [7, 11) is 0. The molecule has 262 valence electrons. The molecule has 12 nitrogen and oxygen atoms in total. The Morgan fingerprint density at radius 2 is 0.911 bits per heavy atom. The van der Waals surface area contributed by atoms with Crippen LogP contribution in [0, 0.1) is 5.41 Å². The average molecular weight is 647 g/mol. The molecule has 0 heterocycles. The minimum Gasteiger partial charge on any atom is -0.481 e. The second-order valence-electron chi connectivity index (χ2n) is 12.0. The highest BCUT2D eigenvalue weighted by Gasteiger charge is 2.36. The Morgan fingerprint density at radius 3 is 1.29 bits per heavy atom. The maximum Gasteiger partial charge on any atom is 0.333 e. The second kappa shape index (κ2) is 27.6. The minimum absolute atomic E-state index is 0.0711. The monoisotopic (exact) mass is 646 g/mol. The molecule has 12 heteroatoms. The third kappa shape index (κ3) is 25.2. The number of aliphatic carboxylic acids is 2. The van der Waals surface area contributed by atoms with E-state index in [0.29, 0.717) is 6.42 Å². The highest BCUT2D eigenvalue weighted by molar-refractivity contribution is 5.80. The molecular formula is C33H58O12. The topological polar surface area (TPSA) is 194 Å². The molecule has 0 saturated carbocycles. The number of unbranched alkanes of at least 4 members (excludes halogenated alkanes) is 15. The van der Waals surface area contributed by atoms with Gasteiger partial charge in [-0.2, -0.15) is 0 Å². The lowest BCUT2D eigenvalue weighted by molar-refractivity contribution is -0.168. The summed E-state index contributed by atoms with van der Waals surface area (Å²) in [6, 6.07) is 0. The van der Waals surface area contributed by atoms with Crippen molar-refractivity contribution in [2.24, 2.45) is 5.41 Å². The van der Waals surface area contributed by atoms with Gasteiger partial charge in [0, 0.05) is 19.3 Å². The van der Waals surface area contributed by atoms with E-state index in [-0.39, 0.29) is 32.1 Å². The van der Waals surface area contributed by atoms with Crippen molar-refractivity contribution in [2.45, 2.75) is 148 Å². The van der Waals surface area contributed by atoms with Crippen molar-refractivity contribution in [3.8, 4) is 0 Å². The predicted octanol–water partition coefficient (Wildman–Crippen LogP) is 5.34. The first-order valence-electron chi connectivity index (χ1n) is 16.8. The lowest BCUT2D eigenvalue weighted by atomic mass is 9.92. The Hall–Kier alpha value is -2.73. The van der Waals surface area contributed by atoms with Gasteiger partial charge in [0.1, 0.15) is 19.8 Å². The molecular weight excluding hydrogens is 588 g/mol. The van der Waals surface area contributed by atoms with Gasteiger partial charge >= 0.3 is 29.8 Å². The van der Waals surface area contributed by atoms with Crippen LogP contribution in [0.3, 0.4) is 0 Å². The van der Waals surface area contributed by atoms with Crippen LogP contribution in [0.25, 0.3) is 0 Å². The van der Waals surface area contributed by atoms with E-state index >= 15 is 0 Å². The number of aliphatic hydroxyl groups is 2. The molecule has 0 spiro atoms. The standard InChI is InChI=1S/C33H58O12/c1-2-3-4-5-6-7-8-9-10-11-12-13-14-15-16-20-29(38)43-24-33(23-34,26-45-31(40)22-27(35)32(41)42)25-44-30(39)21-18-17-19-28(36)37/h27,34-35H,2-26H2,1H3,(H,36,37)(H,41,42). The molecule has 0 aromatic heterocycles. The molecule has 45 heavy (non-hydrogen) atoms. The van der Waals surface area contributed by atoms with Gasteiger partial charge in [0.15, 0.2) is 6.10 Å². The molecule has 0 aliphatic heterocycles.